The number of likely N-dealkylation sites (tertiary alicyclic amines) is 1. The van der Waals surface area contributed by atoms with Crippen LogP contribution in [0.2, 0.25) is 0 Å². The van der Waals surface area contributed by atoms with Crippen LogP contribution in [0, 0.1) is 0 Å². The normalized spacial score (nSPS) is 21.4. The van der Waals surface area contributed by atoms with Gasteiger partial charge < -0.3 is 9.90 Å². The van der Waals surface area contributed by atoms with Gasteiger partial charge >= 0.3 is 0 Å². The highest BCUT2D eigenvalue weighted by Crippen LogP contribution is 2.33. The lowest BCUT2D eigenvalue weighted by Gasteiger charge is -2.40. The van der Waals surface area contributed by atoms with E-state index in [4.69, 9.17) is 0 Å². The first kappa shape index (κ1) is 13.2. The summed E-state index contributed by atoms with van der Waals surface area (Å²) >= 11 is 0. The monoisotopic (exact) mass is 247 g/mol. The van der Waals surface area contributed by atoms with Crippen molar-refractivity contribution in [3.05, 3.63) is 35.9 Å². The predicted octanol–water partition coefficient (Wildman–Crippen LogP) is 1.95. The van der Waals surface area contributed by atoms with Crippen LogP contribution in [-0.2, 0) is 10.4 Å². The molecule has 98 valence electrons. The number of piperidine rings is 1. The maximum absolute atomic E-state index is 10.7. The second kappa shape index (κ2) is 5.63. The molecule has 0 radical (unpaired) electrons. The quantitative estimate of drug-likeness (QED) is 0.827. The standard InChI is InChI=1S/C15H21NO2/c1-13(7-12-17)16-10-8-15(18,9-11-16)14-5-3-2-4-6-14/h2-6,12-13,18H,7-11H2,1H3. The van der Waals surface area contributed by atoms with Crippen LogP contribution in [0.25, 0.3) is 0 Å². The Bertz CT molecular complexity index is 383. The molecule has 0 amide bonds. The molecule has 1 aromatic rings. The molecule has 0 bridgehead atoms. The Morgan fingerprint density at radius 1 is 1.33 bits per heavy atom. The molecule has 0 aromatic heterocycles. The molecule has 1 atom stereocenters. The largest absolute Gasteiger partial charge is 0.385 e. The number of nitrogens with zero attached hydrogens (tertiary/aromatic N) is 1. The van der Waals surface area contributed by atoms with Gasteiger partial charge in [0.2, 0.25) is 0 Å². The van der Waals surface area contributed by atoms with E-state index >= 15 is 0 Å². The Morgan fingerprint density at radius 2 is 1.94 bits per heavy atom. The lowest BCUT2D eigenvalue weighted by atomic mass is 9.84. The number of carbonyl (C=O) groups is 1. The van der Waals surface area contributed by atoms with Gasteiger partial charge in [0.05, 0.1) is 5.60 Å². The van der Waals surface area contributed by atoms with Crippen LogP contribution in [-0.4, -0.2) is 35.4 Å². The molecule has 18 heavy (non-hydrogen) atoms. The Kier molecular flexibility index (Phi) is 4.15. The fourth-order valence-corrected chi connectivity index (χ4v) is 2.66. The molecular formula is C15H21NO2. The van der Waals surface area contributed by atoms with E-state index < -0.39 is 5.60 Å². The lowest BCUT2D eigenvalue weighted by Crippen LogP contribution is -2.46. The number of benzene rings is 1. The maximum Gasteiger partial charge on any atom is 0.121 e. The Morgan fingerprint density at radius 3 is 2.50 bits per heavy atom. The van der Waals surface area contributed by atoms with Crippen molar-refractivity contribution < 1.29 is 9.90 Å². The van der Waals surface area contributed by atoms with E-state index in [1.54, 1.807) is 0 Å². The van der Waals surface area contributed by atoms with Crippen molar-refractivity contribution in [3.8, 4) is 0 Å². The van der Waals surface area contributed by atoms with Gasteiger partial charge in [-0.3, -0.25) is 4.90 Å². The molecular weight excluding hydrogens is 226 g/mol. The van der Waals surface area contributed by atoms with Crippen molar-refractivity contribution in [1.29, 1.82) is 0 Å². The van der Waals surface area contributed by atoms with Gasteiger partial charge in [0.25, 0.3) is 0 Å². The van der Waals surface area contributed by atoms with Gasteiger partial charge in [-0.1, -0.05) is 30.3 Å². The van der Waals surface area contributed by atoms with Crippen molar-refractivity contribution in [3.63, 3.8) is 0 Å². The van der Waals surface area contributed by atoms with Gasteiger partial charge in [0.15, 0.2) is 0 Å². The zero-order valence-electron chi connectivity index (χ0n) is 10.9. The fraction of sp³-hybridized carbons (Fsp3) is 0.533. The van der Waals surface area contributed by atoms with Crippen LogP contribution < -0.4 is 0 Å². The SMILES string of the molecule is CC(CC=O)N1CCC(O)(c2ccccc2)CC1. The Balaban J connectivity index is 1.99. The first-order valence-corrected chi connectivity index (χ1v) is 6.61. The first-order chi connectivity index (χ1) is 8.65. The van der Waals surface area contributed by atoms with Crippen LogP contribution in [0.5, 0.6) is 0 Å². The second-order valence-electron chi connectivity index (χ2n) is 5.18. The second-order valence-corrected chi connectivity index (χ2v) is 5.18. The van der Waals surface area contributed by atoms with E-state index in [1.165, 1.54) is 0 Å². The number of hydrogen-bond acceptors (Lipinski definition) is 3. The highest BCUT2D eigenvalue weighted by molar-refractivity contribution is 5.50. The van der Waals surface area contributed by atoms with Crippen molar-refractivity contribution >= 4 is 6.29 Å². The van der Waals surface area contributed by atoms with Crippen molar-refractivity contribution in [1.82, 2.24) is 4.90 Å². The molecule has 1 saturated heterocycles. The summed E-state index contributed by atoms with van der Waals surface area (Å²) in [4.78, 5) is 12.8. The Hall–Kier alpha value is -1.19. The zero-order valence-corrected chi connectivity index (χ0v) is 10.9. The topological polar surface area (TPSA) is 40.5 Å². The highest BCUT2D eigenvalue weighted by atomic mass is 16.3. The molecule has 0 saturated carbocycles. The molecule has 0 aliphatic carbocycles. The molecule has 1 heterocycles. The van der Waals surface area contributed by atoms with Gasteiger partial charge in [-0.15, -0.1) is 0 Å². The van der Waals surface area contributed by atoms with Gasteiger partial charge in [0.1, 0.15) is 6.29 Å². The number of carbonyl (C=O) groups excluding carboxylic acids is 1. The summed E-state index contributed by atoms with van der Waals surface area (Å²) in [5, 5.41) is 10.7. The summed E-state index contributed by atoms with van der Waals surface area (Å²) in [6.07, 6.45) is 3.02. The van der Waals surface area contributed by atoms with Gasteiger partial charge in [-0.25, -0.2) is 0 Å². The first-order valence-electron chi connectivity index (χ1n) is 6.61. The summed E-state index contributed by atoms with van der Waals surface area (Å²) in [5.74, 6) is 0. The van der Waals surface area contributed by atoms with E-state index in [2.05, 4.69) is 11.8 Å². The Labute approximate surface area is 108 Å². The smallest absolute Gasteiger partial charge is 0.121 e. The molecule has 3 nitrogen and oxygen atoms in total. The van der Waals surface area contributed by atoms with Crippen LogP contribution in [0.1, 0.15) is 31.7 Å². The van der Waals surface area contributed by atoms with Crippen LogP contribution >= 0.6 is 0 Å². The summed E-state index contributed by atoms with van der Waals surface area (Å²) in [6.45, 7) is 3.77. The number of aliphatic hydroxyl groups is 1. The van der Waals surface area contributed by atoms with E-state index in [0.717, 1.165) is 37.8 Å². The van der Waals surface area contributed by atoms with Gasteiger partial charge in [-0.05, 0) is 25.3 Å². The minimum absolute atomic E-state index is 0.280. The molecule has 0 spiro atoms. The van der Waals surface area contributed by atoms with E-state index in [1.807, 2.05) is 30.3 Å². The van der Waals surface area contributed by atoms with Gasteiger partial charge in [0, 0.05) is 25.6 Å². The van der Waals surface area contributed by atoms with Crippen LogP contribution in [0.4, 0.5) is 0 Å². The third-order valence-electron chi connectivity index (χ3n) is 4.00. The van der Waals surface area contributed by atoms with E-state index in [9.17, 15) is 9.90 Å². The maximum atomic E-state index is 10.7. The number of aldehydes is 1. The van der Waals surface area contributed by atoms with Crippen molar-refractivity contribution in [2.24, 2.45) is 0 Å². The minimum atomic E-state index is -0.696. The minimum Gasteiger partial charge on any atom is -0.385 e. The fourth-order valence-electron chi connectivity index (χ4n) is 2.66. The van der Waals surface area contributed by atoms with Crippen molar-refractivity contribution in [2.75, 3.05) is 13.1 Å². The highest BCUT2D eigenvalue weighted by Gasteiger charge is 2.34. The number of rotatable bonds is 4. The molecule has 1 N–H and O–H groups in total. The zero-order chi connectivity index (χ0) is 13.0. The third-order valence-corrected chi connectivity index (χ3v) is 4.00. The molecule has 3 heteroatoms. The average molecular weight is 247 g/mol. The van der Waals surface area contributed by atoms with Gasteiger partial charge in [-0.2, -0.15) is 0 Å². The van der Waals surface area contributed by atoms with E-state index in [-0.39, 0.29) is 6.04 Å². The molecule has 1 unspecified atom stereocenters. The summed E-state index contributed by atoms with van der Waals surface area (Å²) in [7, 11) is 0. The summed E-state index contributed by atoms with van der Waals surface area (Å²) in [6, 6.07) is 10.2. The summed E-state index contributed by atoms with van der Waals surface area (Å²) in [5.41, 5.74) is 0.311. The van der Waals surface area contributed by atoms with Crippen molar-refractivity contribution in [2.45, 2.75) is 37.8 Å². The molecule has 1 aliphatic rings. The molecule has 1 fully saturated rings. The summed E-state index contributed by atoms with van der Waals surface area (Å²) < 4.78 is 0. The number of hydrogen-bond donors (Lipinski definition) is 1. The van der Waals surface area contributed by atoms with E-state index in [0.29, 0.717) is 6.42 Å². The average Bonchev–Trinajstić information content (AvgIpc) is 2.41. The lowest BCUT2D eigenvalue weighted by molar-refractivity contribution is -0.109. The molecule has 2 rings (SSSR count). The predicted molar refractivity (Wildman–Crippen MR) is 71.3 cm³/mol. The third kappa shape index (κ3) is 2.79. The molecule has 1 aromatic carbocycles. The van der Waals surface area contributed by atoms with Crippen LogP contribution in [0.3, 0.4) is 0 Å². The van der Waals surface area contributed by atoms with Crippen LogP contribution in [0.15, 0.2) is 30.3 Å². The molecule has 1 aliphatic heterocycles.